The van der Waals surface area contributed by atoms with Crippen molar-refractivity contribution in [3.8, 4) is 0 Å². The summed E-state index contributed by atoms with van der Waals surface area (Å²) in [6.07, 6.45) is 9.17. The number of benzene rings is 2. The van der Waals surface area contributed by atoms with Crippen LogP contribution in [0.4, 0.5) is 0 Å². The molecule has 2 aromatic carbocycles. The third kappa shape index (κ3) is 11.6. The van der Waals surface area contributed by atoms with E-state index in [4.69, 9.17) is 52.1 Å². The fraction of sp³-hybridized carbons (Fsp3) is 0.625. The van der Waals surface area contributed by atoms with Gasteiger partial charge in [-0.2, -0.15) is 0 Å². The molecule has 2 atom stereocenters. The predicted octanol–water partition coefficient (Wildman–Crippen LogP) is 7.99. The highest BCUT2D eigenvalue weighted by Crippen LogP contribution is 2.27. The third-order valence-electron chi connectivity index (χ3n) is 7.92. The minimum atomic E-state index is 0.580. The molecule has 0 radical (unpaired) electrons. The van der Waals surface area contributed by atoms with Crippen molar-refractivity contribution in [3.63, 3.8) is 0 Å². The Morgan fingerprint density at radius 3 is 1.82 bits per heavy atom. The highest BCUT2D eigenvalue weighted by molar-refractivity contribution is 6.42. The van der Waals surface area contributed by atoms with Gasteiger partial charge < -0.3 is 11.1 Å². The van der Waals surface area contributed by atoms with Gasteiger partial charge in [0.2, 0.25) is 0 Å². The van der Waals surface area contributed by atoms with Crippen molar-refractivity contribution in [3.05, 3.63) is 67.6 Å². The largest absolute Gasteiger partial charge is 0.329 e. The SMILES string of the molecule is CC(C)C[C@@H]1CN(CCCc2ccc(Cl)c(Cl)c2)C(CCCCNCCN)CN1CCCc1ccc(Cl)c(Cl)c1. The molecule has 0 amide bonds. The van der Waals surface area contributed by atoms with Crippen molar-refractivity contribution >= 4 is 46.4 Å². The highest BCUT2D eigenvalue weighted by Gasteiger charge is 2.33. The number of nitrogens with zero attached hydrogens (tertiary/aromatic N) is 2. The maximum atomic E-state index is 6.27. The Labute approximate surface area is 262 Å². The van der Waals surface area contributed by atoms with Crippen molar-refractivity contribution in [2.45, 2.75) is 77.3 Å². The van der Waals surface area contributed by atoms with Gasteiger partial charge in [0.25, 0.3) is 0 Å². The zero-order valence-electron chi connectivity index (χ0n) is 24.3. The standard InChI is InChI=1S/C32H48Cl4N4/c1-24(2)19-28-23-39(17-5-7-25-10-12-29(33)31(35)20-25)27(9-3-4-15-38-16-14-37)22-40(28)18-6-8-26-11-13-30(34)32(36)21-26/h10-13,20-21,24,27-28,38H,3-9,14-19,22-23,37H2,1-2H3/t27?,28-/m1/s1. The molecule has 0 saturated carbocycles. The van der Waals surface area contributed by atoms with Gasteiger partial charge in [0.05, 0.1) is 20.1 Å². The number of nitrogens with two attached hydrogens (primary N) is 1. The van der Waals surface area contributed by atoms with Gasteiger partial charge in [-0.25, -0.2) is 0 Å². The molecule has 40 heavy (non-hydrogen) atoms. The van der Waals surface area contributed by atoms with Crippen LogP contribution in [-0.4, -0.2) is 67.7 Å². The molecule has 2 aromatic rings. The third-order valence-corrected chi connectivity index (χ3v) is 9.40. The van der Waals surface area contributed by atoms with Crippen LogP contribution in [0.25, 0.3) is 0 Å². The minimum absolute atomic E-state index is 0.580. The number of halogens is 4. The first kappa shape index (κ1) is 33.9. The topological polar surface area (TPSA) is 44.5 Å². The maximum absolute atomic E-state index is 6.27. The van der Waals surface area contributed by atoms with Gasteiger partial charge in [0.1, 0.15) is 0 Å². The molecule has 1 heterocycles. The second kappa shape index (κ2) is 18.2. The average Bonchev–Trinajstić information content (AvgIpc) is 2.91. The fourth-order valence-corrected chi connectivity index (χ4v) is 6.52. The summed E-state index contributed by atoms with van der Waals surface area (Å²) in [5, 5.41) is 5.98. The summed E-state index contributed by atoms with van der Waals surface area (Å²) in [5.41, 5.74) is 8.16. The van der Waals surface area contributed by atoms with Gasteiger partial charge in [-0.1, -0.05) is 78.8 Å². The molecule has 1 unspecified atom stereocenters. The van der Waals surface area contributed by atoms with E-state index >= 15 is 0 Å². The molecule has 1 saturated heterocycles. The van der Waals surface area contributed by atoms with Crippen LogP contribution in [0.5, 0.6) is 0 Å². The lowest BCUT2D eigenvalue weighted by Gasteiger charge is -2.47. The van der Waals surface area contributed by atoms with Crippen LogP contribution in [0.15, 0.2) is 36.4 Å². The van der Waals surface area contributed by atoms with Gasteiger partial charge in [0.15, 0.2) is 0 Å². The first-order valence-electron chi connectivity index (χ1n) is 15.0. The van der Waals surface area contributed by atoms with Crippen LogP contribution in [0, 0.1) is 5.92 Å². The summed E-state index contributed by atoms with van der Waals surface area (Å²) in [6, 6.07) is 13.2. The molecular formula is C32H48Cl4N4. The second-order valence-electron chi connectivity index (χ2n) is 11.7. The molecule has 0 aliphatic carbocycles. The summed E-state index contributed by atoms with van der Waals surface area (Å²) < 4.78 is 0. The van der Waals surface area contributed by atoms with E-state index in [0.717, 1.165) is 65.0 Å². The second-order valence-corrected chi connectivity index (χ2v) is 13.3. The van der Waals surface area contributed by atoms with E-state index in [2.05, 4.69) is 41.1 Å². The number of nitrogens with one attached hydrogen (secondary N) is 1. The summed E-state index contributed by atoms with van der Waals surface area (Å²) >= 11 is 24.8. The summed E-state index contributed by atoms with van der Waals surface area (Å²) in [5.74, 6) is 0.672. The molecule has 224 valence electrons. The normalized spacial score (nSPS) is 18.6. The Morgan fingerprint density at radius 2 is 1.30 bits per heavy atom. The van der Waals surface area contributed by atoms with Gasteiger partial charge in [-0.15, -0.1) is 0 Å². The molecule has 1 fully saturated rings. The molecule has 3 rings (SSSR count). The summed E-state index contributed by atoms with van der Waals surface area (Å²) in [4.78, 5) is 5.57. The number of hydrogen-bond acceptors (Lipinski definition) is 4. The highest BCUT2D eigenvalue weighted by atomic mass is 35.5. The molecule has 1 aliphatic rings. The minimum Gasteiger partial charge on any atom is -0.329 e. The molecule has 0 spiro atoms. The van der Waals surface area contributed by atoms with E-state index in [-0.39, 0.29) is 0 Å². The Kier molecular flexibility index (Phi) is 15.4. The molecule has 3 N–H and O–H groups in total. The summed E-state index contributed by atoms with van der Waals surface area (Å²) in [7, 11) is 0. The lowest BCUT2D eigenvalue weighted by atomic mass is 9.94. The van der Waals surface area contributed by atoms with Gasteiger partial charge in [0, 0.05) is 38.3 Å². The molecule has 1 aliphatic heterocycles. The van der Waals surface area contributed by atoms with E-state index in [1.807, 2.05) is 24.3 Å². The molecular weight excluding hydrogens is 582 g/mol. The van der Waals surface area contributed by atoms with Crippen LogP contribution in [0.2, 0.25) is 20.1 Å². The number of unbranched alkanes of at least 4 members (excludes halogenated alkanes) is 1. The van der Waals surface area contributed by atoms with Gasteiger partial charge >= 0.3 is 0 Å². The van der Waals surface area contributed by atoms with Gasteiger partial charge in [-0.3, -0.25) is 9.80 Å². The Morgan fingerprint density at radius 1 is 0.750 bits per heavy atom. The number of rotatable bonds is 17. The number of piperazine rings is 1. The average molecular weight is 631 g/mol. The molecule has 4 nitrogen and oxygen atoms in total. The van der Waals surface area contributed by atoms with E-state index in [1.165, 1.54) is 36.8 Å². The van der Waals surface area contributed by atoms with Crippen molar-refractivity contribution in [2.24, 2.45) is 11.7 Å². The van der Waals surface area contributed by atoms with Crippen LogP contribution < -0.4 is 11.1 Å². The first-order valence-corrected chi connectivity index (χ1v) is 16.5. The van der Waals surface area contributed by atoms with E-state index in [0.29, 0.717) is 44.6 Å². The first-order chi connectivity index (χ1) is 19.3. The van der Waals surface area contributed by atoms with Crippen molar-refractivity contribution in [1.82, 2.24) is 15.1 Å². The maximum Gasteiger partial charge on any atom is 0.0595 e. The molecule has 8 heteroatoms. The van der Waals surface area contributed by atoms with Crippen LogP contribution in [0.3, 0.4) is 0 Å². The zero-order valence-corrected chi connectivity index (χ0v) is 27.3. The lowest BCUT2D eigenvalue weighted by Crippen LogP contribution is -2.58. The number of aryl methyl sites for hydroxylation is 2. The molecule has 0 bridgehead atoms. The monoisotopic (exact) mass is 628 g/mol. The van der Waals surface area contributed by atoms with Crippen LogP contribution >= 0.6 is 46.4 Å². The quantitative estimate of drug-likeness (QED) is 0.174. The van der Waals surface area contributed by atoms with Crippen molar-refractivity contribution < 1.29 is 0 Å². The number of hydrogen-bond donors (Lipinski definition) is 2. The van der Waals surface area contributed by atoms with E-state index in [1.54, 1.807) is 0 Å². The van der Waals surface area contributed by atoms with Gasteiger partial charge in [-0.05, 0) is 106 Å². The van der Waals surface area contributed by atoms with Crippen LogP contribution in [0.1, 0.15) is 63.5 Å². The van der Waals surface area contributed by atoms with E-state index in [9.17, 15) is 0 Å². The Hall–Kier alpha value is -0.560. The van der Waals surface area contributed by atoms with E-state index < -0.39 is 0 Å². The predicted molar refractivity (Wildman–Crippen MR) is 176 cm³/mol. The Bertz CT molecular complexity index is 1020. The van der Waals surface area contributed by atoms with Crippen molar-refractivity contribution in [2.75, 3.05) is 45.8 Å². The summed E-state index contributed by atoms with van der Waals surface area (Å²) in [6.45, 7) is 11.9. The zero-order chi connectivity index (χ0) is 28.9. The Balaban J connectivity index is 1.62. The van der Waals surface area contributed by atoms with Crippen molar-refractivity contribution in [1.29, 1.82) is 0 Å². The fourth-order valence-electron chi connectivity index (χ4n) is 5.88. The lowest BCUT2D eigenvalue weighted by molar-refractivity contribution is 0.0144. The smallest absolute Gasteiger partial charge is 0.0595 e. The van der Waals surface area contributed by atoms with Crippen LogP contribution in [-0.2, 0) is 12.8 Å². The molecule has 0 aromatic heterocycles.